The van der Waals surface area contributed by atoms with Crippen LogP contribution in [0, 0.1) is 0 Å². The van der Waals surface area contributed by atoms with Gasteiger partial charge in [0, 0.05) is 26.9 Å². The third-order valence-corrected chi connectivity index (χ3v) is 3.14. The average Bonchev–Trinajstić information content (AvgIpc) is 2.13. The summed E-state index contributed by atoms with van der Waals surface area (Å²) in [6, 6.07) is 0. The van der Waals surface area contributed by atoms with Crippen molar-refractivity contribution in [3.63, 3.8) is 0 Å². The third-order valence-electron chi connectivity index (χ3n) is 2.85. The van der Waals surface area contributed by atoms with Crippen LogP contribution in [0.25, 0.3) is 0 Å². The van der Waals surface area contributed by atoms with Crippen molar-refractivity contribution in [1.82, 2.24) is 9.97 Å². The number of halogens is 3. The molecule has 0 radical (unpaired) electrons. The highest BCUT2D eigenvalue weighted by Gasteiger charge is 2.57. The third kappa shape index (κ3) is 2.07. The molecule has 0 unspecified atom stereocenters. The van der Waals surface area contributed by atoms with Crippen molar-refractivity contribution >= 4 is 17.4 Å². The van der Waals surface area contributed by atoms with E-state index in [1.54, 1.807) is 19.0 Å². The van der Waals surface area contributed by atoms with Crippen LogP contribution in [-0.4, -0.2) is 30.0 Å². The number of nitrogens with two attached hydrogens (primary N) is 1. The summed E-state index contributed by atoms with van der Waals surface area (Å²) in [5, 5.41) is 0.140. The molecule has 1 aliphatic rings. The van der Waals surface area contributed by atoms with Gasteiger partial charge in [-0.3, -0.25) is 0 Å². The maximum Gasteiger partial charge on any atom is 0.252 e. The molecule has 1 fully saturated rings. The van der Waals surface area contributed by atoms with Gasteiger partial charge in [-0.15, -0.1) is 0 Å². The second-order valence-corrected chi connectivity index (χ2v) is 4.98. The Hall–Kier alpha value is -1.01. The van der Waals surface area contributed by atoms with Crippen LogP contribution >= 0.6 is 11.6 Å². The van der Waals surface area contributed by atoms with Crippen LogP contribution in [0.2, 0.25) is 5.15 Å². The van der Waals surface area contributed by atoms with E-state index in [2.05, 4.69) is 9.97 Å². The van der Waals surface area contributed by atoms with E-state index in [9.17, 15) is 8.78 Å². The lowest BCUT2D eigenvalue weighted by atomic mass is 9.70. The SMILES string of the molecule is CN(C)c1ncnc(Cl)c1C1(N)CC(F)(F)C1. The topological polar surface area (TPSA) is 55.0 Å². The van der Waals surface area contributed by atoms with Crippen LogP contribution < -0.4 is 10.6 Å². The first-order valence-electron chi connectivity index (χ1n) is 5.10. The standard InChI is InChI=1S/C10H13ClF2N4/c1-17(2)8-6(7(11)15-5-16-8)9(14)3-10(12,13)4-9/h5H,3-4,14H2,1-2H3. The first kappa shape index (κ1) is 12.4. The Bertz CT molecular complexity index is 442. The van der Waals surface area contributed by atoms with Crippen LogP contribution in [0.15, 0.2) is 6.33 Å². The summed E-state index contributed by atoms with van der Waals surface area (Å²) in [5.74, 6) is -2.24. The monoisotopic (exact) mass is 262 g/mol. The first-order valence-corrected chi connectivity index (χ1v) is 5.48. The van der Waals surface area contributed by atoms with E-state index in [4.69, 9.17) is 17.3 Å². The zero-order chi connectivity index (χ0) is 12.8. The average molecular weight is 263 g/mol. The Morgan fingerprint density at radius 2 is 1.94 bits per heavy atom. The molecular formula is C10H13ClF2N4. The fourth-order valence-electron chi connectivity index (χ4n) is 2.17. The fraction of sp³-hybridized carbons (Fsp3) is 0.600. The van der Waals surface area contributed by atoms with Crippen molar-refractivity contribution in [2.75, 3.05) is 19.0 Å². The molecule has 0 bridgehead atoms. The number of hydrogen-bond acceptors (Lipinski definition) is 4. The number of rotatable bonds is 2. The van der Waals surface area contributed by atoms with Gasteiger partial charge in [-0.1, -0.05) is 11.6 Å². The summed E-state index contributed by atoms with van der Waals surface area (Å²) >= 11 is 5.96. The van der Waals surface area contributed by atoms with E-state index in [0.717, 1.165) is 0 Å². The Morgan fingerprint density at radius 3 is 2.41 bits per heavy atom. The number of nitrogens with zero attached hydrogens (tertiary/aromatic N) is 3. The molecule has 0 amide bonds. The molecule has 7 heteroatoms. The number of hydrogen-bond donors (Lipinski definition) is 1. The van der Waals surface area contributed by atoms with Gasteiger partial charge in [0.2, 0.25) is 0 Å². The summed E-state index contributed by atoms with van der Waals surface area (Å²) in [6.45, 7) is 0. The van der Waals surface area contributed by atoms with E-state index in [1.807, 2.05) is 0 Å². The predicted octanol–water partition coefficient (Wildman–Crippen LogP) is 1.78. The molecule has 2 rings (SSSR count). The van der Waals surface area contributed by atoms with Crippen LogP contribution in [0.5, 0.6) is 0 Å². The van der Waals surface area contributed by atoms with Gasteiger partial charge in [-0.05, 0) is 0 Å². The van der Waals surface area contributed by atoms with Crippen molar-refractivity contribution in [2.45, 2.75) is 24.3 Å². The van der Waals surface area contributed by atoms with Gasteiger partial charge in [0.05, 0.1) is 11.1 Å². The van der Waals surface area contributed by atoms with Crippen molar-refractivity contribution in [1.29, 1.82) is 0 Å². The maximum absolute atomic E-state index is 13.0. The van der Waals surface area contributed by atoms with Crippen LogP contribution in [-0.2, 0) is 5.54 Å². The second kappa shape index (κ2) is 3.74. The second-order valence-electron chi connectivity index (χ2n) is 4.62. The maximum atomic E-state index is 13.0. The smallest absolute Gasteiger partial charge is 0.252 e. The fourth-order valence-corrected chi connectivity index (χ4v) is 2.49. The quantitative estimate of drug-likeness (QED) is 0.826. The molecule has 17 heavy (non-hydrogen) atoms. The summed E-state index contributed by atoms with van der Waals surface area (Å²) in [7, 11) is 3.50. The molecule has 1 aromatic rings. The van der Waals surface area contributed by atoms with E-state index >= 15 is 0 Å². The molecule has 1 saturated carbocycles. The summed E-state index contributed by atoms with van der Waals surface area (Å²) in [5.41, 5.74) is 5.23. The molecule has 0 spiro atoms. The molecule has 0 atom stereocenters. The molecule has 0 aromatic carbocycles. The minimum Gasteiger partial charge on any atom is -0.362 e. The van der Waals surface area contributed by atoms with Gasteiger partial charge in [-0.2, -0.15) is 0 Å². The highest BCUT2D eigenvalue weighted by atomic mass is 35.5. The van der Waals surface area contributed by atoms with Crippen molar-refractivity contribution in [2.24, 2.45) is 5.73 Å². The number of anilines is 1. The molecule has 1 aromatic heterocycles. The van der Waals surface area contributed by atoms with E-state index < -0.39 is 24.3 Å². The molecule has 94 valence electrons. The zero-order valence-electron chi connectivity index (χ0n) is 9.54. The normalized spacial score (nSPS) is 20.8. The lowest BCUT2D eigenvalue weighted by molar-refractivity contribution is -0.125. The van der Waals surface area contributed by atoms with Gasteiger partial charge in [0.1, 0.15) is 17.3 Å². The lowest BCUT2D eigenvalue weighted by Gasteiger charge is -2.45. The Morgan fingerprint density at radius 1 is 1.35 bits per heavy atom. The minimum absolute atomic E-state index is 0.140. The van der Waals surface area contributed by atoms with E-state index in [0.29, 0.717) is 11.4 Å². The molecule has 0 aliphatic heterocycles. The molecule has 4 nitrogen and oxygen atoms in total. The predicted molar refractivity (Wildman–Crippen MR) is 61.4 cm³/mol. The van der Waals surface area contributed by atoms with E-state index in [-0.39, 0.29) is 5.15 Å². The molecule has 0 saturated heterocycles. The van der Waals surface area contributed by atoms with Gasteiger partial charge in [0.25, 0.3) is 5.92 Å². The van der Waals surface area contributed by atoms with Gasteiger partial charge in [0.15, 0.2) is 0 Å². The van der Waals surface area contributed by atoms with Crippen LogP contribution in [0.4, 0.5) is 14.6 Å². The summed E-state index contributed by atoms with van der Waals surface area (Å²) in [4.78, 5) is 9.55. The molecule has 1 aliphatic carbocycles. The van der Waals surface area contributed by atoms with Crippen molar-refractivity contribution < 1.29 is 8.78 Å². The Kier molecular flexibility index (Phi) is 2.74. The van der Waals surface area contributed by atoms with Crippen molar-refractivity contribution in [3.8, 4) is 0 Å². The van der Waals surface area contributed by atoms with Crippen molar-refractivity contribution in [3.05, 3.63) is 17.0 Å². The molecular weight excluding hydrogens is 250 g/mol. The van der Waals surface area contributed by atoms with Gasteiger partial charge >= 0.3 is 0 Å². The lowest BCUT2D eigenvalue weighted by Crippen LogP contribution is -2.56. The highest BCUT2D eigenvalue weighted by Crippen LogP contribution is 2.52. The molecule has 1 heterocycles. The minimum atomic E-state index is -2.72. The Balaban J connectivity index is 2.45. The number of aromatic nitrogens is 2. The first-order chi connectivity index (χ1) is 7.75. The largest absolute Gasteiger partial charge is 0.362 e. The summed E-state index contributed by atoms with van der Waals surface area (Å²) < 4.78 is 26.0. The van der Waals surface area contributed by atoms with Gasteiger partial charge < -0.3 is 10.6 Å². The Labute approximate surface area is 103 Å². The molecule has 2 N–H and O–H groups in total. The van der Waals surface area contributed by atoms with Crippen LogP contribution in [0.3, 0.4) is 0 Å². The number of alkyl halides is 2. The summed E-state index contributed by atoms with van der Waals surface area (Å²) in [6.07, 6.45) is 0.448. The zero-order valence-corrected chi connectivity index (χ0v) is 10.3. The van der Waals surface area contributed by atoms with Crippen LogP contribution in [0.1, 0.15) is 18.4 Å². The van der Waals surface area contributed by atoms with Gasteiger partial charge in [-0.25, -0.2) is 18.7 Å². The van der Waals surface area contributed by atoms with E-state index in [1.165, 1.54) is 6.33 Å². The highest BCUT2D eigenvalue weighted by molar-refractivity contribution is 6.30.